The molecule has 0 N–H and O–H groups in total. The first-order valence-corrected chi connectivity index (χ1v) is 9.83. The summed E-state index contributed by atoms with van der Waals surface area (Å²) in [5.74, 6) is 2.58. The average molecular weight is 357 g/mol. The molecule has 0 radical (unpaired) electrons. The van der Waals surface area contributed by atoms with Crippen LogP contribution in [0.1, 0.15) is 25.7 Å². The van der Waals surface area contributed by atoms with Gasteiger partial charge in [-0.25, -0.2) is 0 Å². The summed E-state index contributed by atoms with van der Waals surface area (Å²) < 4.78 is 10.9. The molecule has 1 amide bonds. The summed E-state index contributed by atoms with van der Waals surface area (Å²) in [6.07, 6.45) is 4.26. The second-order valence-electron chi connectivity index (χ2n) is 8.08. The van der Waals surface area contributed by atoms with E-state index in [4.69, 9.17) is 9.47 Å². The highest BCUT2D eigenvalue weighted by atomic mass is 16.7. The predicted octanol–water partition coefficient (Wildman–Crippen LogP) is 1.94. The third-order valence-electron chi connectivity index (χ3n) is 6.76. The van der Waals surface area contributed by atoms with Crippen LogP contribution in [0.2, 0.25) is 0 Å². The lowest BCUT2D eigenvalue weighted by molar-refractivity contribution is -0.127. The van der Waals surface area contributed by atoms with Crippen molar-refractivity contribution in [1.82, 2.24) is 9.80 Å². The number of ether oxygens (including phenoxy) is 2. The van der Waals surface area contributed by atoms with Crippen molar-refractivity contribution in [2.75, 3.05) is 44.9 Å². The maximum absolute atomic E-state index is 12.0. The van der Waals surface area contributed by atoms with Gasteiger partial charge in [0.15, 0.2) is 11.5 Å². The Morgan fingerprint density at radius 1 is 1.04 bits per heavy atom. The van der Waals surface area contributed by atoms with Gasteiger partial charge in [-0.15, -0.1) is 0 Å². The molecule has 0 bridgehead atoms. The topological polar surface area (TPSA) is 45.3 Å². The maximum Gasteiger partial charge on any atom is 0.231 e. The maximum atomic E-state index is 12.0. The number of benzene rings is 1. The second kappa shape index (κ2) is 6.34. The van der Waals surface area contributed by atoms with Crippen LogP contribution in [0.4, 0.5) is 5.69 Å². The summed E-state index contributed by atoms with van der Waals surface area (Å²) in [4.78, 5) is 19.1. The molecule has 26 heavy (non-hydrogen) atoms. The molecule has 4 heterocycles. The van der Waals surface area contributed by atoms with Crippen LogP contribution in [0.3, 0.4) is 0 Å². The number of likely N-dealkylation sites (tertiary alicyclic amines) is 2. The number of hydrogen-bond acceptors (Lipinski definition) is 5. The van der Waals surface area contributed by atoms with E-state index >= 15 is 0 Å². The fraction of sp³-hybridized carbons (Fsp3) is 0.650. The summed E-state index contributed by atoms with van der Waals surface area (Å²) in [5.41, 5.74) is 1.23. The van der Waals surface area contributed by atoms with Gasteiger partial charge in [0, 0.05) is 69.4 Å². The van der Waals surface area contributed by atoms with Gasteiger partial charge < -0.3 is 19.3 Å². The van der Waals surface area contributed by atoms with Gasteiger partial charge in [0.1, 0.15) is 0 Å². The lowest BCUT2D eigenvalue weighted by Gasteiger charge is -2.44. The summed E-state index contributed by atoms with van der Waals surface area (Å²) in [5, 5.41) is 0. The molecule has 0 saturated carbocycles. The van der Waals surface area contributed by atoms with E-state index in [-0.39, 0.29) is 0 Å². The Morgan fingerprint density at radius 3 is 2.69 bits per heavy atom. The SMILES string of the molecule is CN1C(=O)C[C@@H]2CN(C3CCN(c4ccc5c(c4)OCO5)CC3)CC[C@@H]21. The van der Waals surface area contributed by atoms with E-state index in [1.54, 1.807) is 0 Å². The number of piperidine rings is 2. The third kappa shape index (κ3) is 2.71. The minimum absolute atomic E-state index is 0.329. The first-order chi connectivity index (χ1) is 12.7. The molecule has 5 rings (SSSR count). The van der Waals surface area contributed by atoms with E-state index in [1.807, 2.05) is 18.0 Å². The minimum atomic E-state index is 0.329. The van der Waals surface area contributed by atoms with Gasteiger partial charge in [-0.3, -0.25) is 9.69 Å². The number of rotatable bonds is 2. The predicted molar refractivity (Wildman–Crippen MR) is 98.7 cm³/mol. The van der Waals surface area contributed by atoms with Crippen LogP contribution < -0.4 is 14.4 Å². The van der Waals surface area contributed by atoms with Gasteiger partial charge in [0.25, 0.3) is 0 Å². The van der Waals surface area contributed by atoms with Crippen LogP contribution in [0.5, 0.6) is 11.5 Å². The van der Waals surface area contributed by atoms with E-state index in [2.05, 4.69) is 21.9 Å². The zero-order valence-corrected chi connectivity index (χ0v) is 15.4. The number of anilines is 1. The number of hydrogen-bond donors (Lipinski definition) is 0. The second-order valence-corrected chi connectivity index (χ2v) is 8.08. The molecule has 0 aliphatic carbocycles. The first-order valence-electron chi connectivity index (χ1n) is 9.83. The molecule has 0 unspecified atom stereocenters. The Morgan fingerprint density at radius 2 is 1.85 bits per heavy atom. The van der Waals surface area contributed by atoms with Crippen LogP contribution in [0.15, 0.2) is 18.2 Å². The quantitative estimate of drug-likeness (QED) is 0.809. The van der Waals surface area contributed by atoms with Gasteiger partial charge >= 0.3 is 0 Å². The number of fused-ring (bicyclic) bond motifs is 2. The highest BCUT2D eigenvalue weighted by Crippen LogP contribution is 2.37. The van der Waals surface area contributed by atoms with Crippen molar-refractivity contribution in [1.29, 1.82) is 0 Å². The van der Waals surface area contributed by atoms with Crippen molar-refractivity contribution >= 4 is 11.6 Å². The van der Waals surface area contributed by atoms with Crippen LogP contribution >= 0.6 is 0 Å². The van der Waals surface area contributed by atoms with Crippen molar-refractivity contribution < 1.29 is 14.3 Å². The Kier molecular flexibility index (Phi) is 3.96. The highest BCUT2D eigenvalue weighted by molar-refractivity contribution is 5.79. The van der Waals surface area contributed by atoms with Crippen molar-refractivity contribution in [2.45, 2.75) is 37.8 Å². The summed E-state index contributed by atoms with van der Waals surface area (Å²) in [6, 6.07) is 7.39. The van der Waals surface area contributed by atoms with Gasteiger partial charge in [-0.05, 0) is 31.4 Å². The number of nitrogens with zero attached hydrogens (tertiary/aromatic N) is 3. The fourth-order valence-corrected chi connectivity index (χ4v) is 5.21. The Bertz CT molecular complexity index is 702. The van der Waals surface area contributed by atoms with Gasteiger partial charge in [0.2, 0.25) is 12.7 Å². The van der Waals surface area contributed by atoms with Gasteiger partial charge in [-0.1, -0.05) is 0 Å². The van der Waals surface area contributed by atoms with Crippen molar-refractivity contribution in [3.63, 3.8) is 0 Å². The standard InChI is InChI=1S/C20H27N3O3/c1-21-17-6-9-23(12-14(17)10-20(21)24)15-4-7-22(8-5-15)16-2-3-18-19(11-16)26-13-25-18/h2-3,11,14-15,17H,4-10,12-13H2,1H3/t14-,17+/m1/s1. The molecule has 3 fully saturated rings. The zero-order valence-electron chi connectivity index (χ0n) is 15.4. The summed E-state index contributed by atoms with van der Waals surface area (Å²) in [7, 11) is 1.98. The Hall–Kier alpha value is -1.95. The minimum Gasteiger partial charge on any atom is -0.454 e. The van der Waals surface area contributed by atoms with E-state index in [9.17, 15) is 4.79 Å². The Labute approximate surface area is 154 Å². The number of amides is 1. The molecule has 6 heteroatoms. The normalized spacial score (nSPS) is 29.3. The van der Waals surface area contributed by atoms with Crippen LogP contribution in [-0.2, 0) is 4.79 Å². The number of carbonyl (C=O) groups is 1. The molecule has 0 aromatic heterocycles. The lowest BCUT2D eigenvalue weighted by Crippen LogP contribution is -2.52. The smallest absolute Gasteiger partial charge is 0.231 e. The fourth-order valence-electron chi connectivity index (χ4n) is 5.21. The number of carbonyl (C=O) groups excluding carboxylic acids is 1. The summed E-state index contributed by atoms with van der Waals surface area (Å²) in [6.45, 7) is 4.71. The molecule has 2 atom stereocenters. The van der Waals surface area contributed by atoms with E-state index in [0.717, 1.165) is 50.5 Å². The molecular formula is C20H27N3O3. The van der Waals surface area contributed by atoms with E-state index in [1.165, 1.54) is 18.5 Å². The molecule has 6 nitrogen and oxygen atoms in total. The van der Waals surface area contributed by atoms with Crippen LogP contribution in [0.25, 0.3) is 0 Å². The average Bonchev–Trinajstić information content (AvgIpc) is 3.25. The van der Waals surface area contributed by atoms with Gasteiger partial charge in [-0.2, -0.15) is 0 Å². The molecule has 4 aliphatic rings. The molecular weight excluding hydrogens is 330 g/mol. The van der Waals surface area contributed by atoms with Crippen LogP contribution in [-0.4, -0.2) is 67.8 Å². The van der Waals surface area contributed by atoms with E-state index < -0.39 is 0 Å². The summed E-state index contributed by atoms with van der Waals surface area (Å²) >= 11 is 0. The molecule has 4 aliphatic heterocycles. The largest absolute Gasteiger partial charge is 0.454 e. The monoisotopic (exact) mass is 357 g/mol. The first kappa shape index (κ1) is 16.2. The lowest BCUT2D eigenvalue weighted by atomic mass is 9.90. The van der Waals surface area contributed by atoms with Crippen molar-refractivity contribution in [3.8, 4) is 11.5 Å². The molecule has 1 aromatic carbocycles. The molecule has 140 valence electrons. The van der Waals surface area contributed by atoms with Crippen LogP contribution in [0, 0.1) is 5.92 Å². The van der Waals surface area contributed by atoms with Crippen molar-refractivity contribution in [2.24, 2.45) is 5.92 Å². The highest BCUT2D eigenvalue weighted by Gasteiger charge is 2.42. The zero-order chi connectivity index (χ0) is 17.7. The van der Waals surface area contributed by atoms with Gasteiger partial charge in [0.05, 0.1) is 0 Å². The Balaban J connectivity index is 1.19. The molecule has 1 aromatic rings. The van der Waals surface area contributed by atoms with E-state index in [0.29, 0.717) is 30.7 Å². The van der Waals surface area contributed by atoms with Crippen molar-refractivity contribution in [3.05, 3.63) is 18.2 Å². The third-order valence-corrected chi connectivity index (χ3v) is 6.76. The molecule has 3 saturated heterocycles. The molecule has 0 spiro atoms.